The van der Waals surface area contributed by atoms with Crippen molar-refractivity contribution < 1.29 is 0 Å². The van der Waals surface area contributed by atoms with E-state index in [1.165, 1.54) is 38.5 Å². The molecule has 0 heteroatoms. The Morgan fingerprint density at radius 1 is 1.00 bits per heavy atom. The van der Waals surface area contributed by atoms with E-state index in [1.807, 2.05) is 0 Å². The Bertz CT molecular complexity index is 64.4. The van der Waals surface area contributed by atoms with Gasteiger partial charge in [-0.3, -0.25) is 0 Å². The van der Waals surface area contributed by atoms with E-state index in [9.17, 15) is 0 Å². The number of rotatable bonds is 7. The molecule has 0 saturated carbocycles. The molecule has 0 bridgehead atoms. The van der Waals surface area contributed by atoms with E-state index in [0.717, 1.165) is 5.92 Å². The van der Waals surface area contributed by atoms with Crippen molar-refractivity contribution in [1.82, 2.24) is 0 Å². The van der Waals surface area contributed by atoms with Gasteiger partial charge in [-0.1, -0.05) is 52.9 Å². The van der Waals surface area contributed by atoms with Crippen LogP contribution >= 0.6 is 0 Å². The largest absolute Gasteiger partial charge is 0.0654 e. The second kappa shape index (κ2) is 8.10. The third kappa shape index (κ3) is 10.0. The molecule has 0 spiro atoms. The minimum absolute atomic E-state index is 0.779. The van der Waals surface area contributed by atoms with E-state index in [-0.39, 0.29) is 0 Å². The summed E-state index contributed by atoms with van der Waals surface area (Å²) in [4.78, 5) is 0. The molecular weight excluding hydrogens is 132 g/mol. The van der Waals surface area contributed by atoms with Crippen LogP contribution in [0.3, 0.4) is 0 Å². The van der Waals surface area contributed by atoms with Gasteiger partial charge in [0.25, 0.3) is 0 Å². The van der Waals surface area contributed by atoms with E-state index in [0.29, 0.717) is 0 Å². The van der Waals surface area contributed by atoms with Crippen molar-refractivity contribution in [2.24, 2.45) is 5.92 Å². The third-order valence-electron chi connectivity index (χ3n) is 1.95. The zero-order valence-corrected chi connectivity index (χ0v) is 8.40. The fourth-order valence-electron chi connectivity index (χ4n) is 1.20. The molecule has 0 amide bonds. The maximum Gasteiger partial charge on any atom is -0.0360 e. The van der Waals surface area contributed by atoms with Gasteiger partial charge in [0.1, 0.15) is 0 Å². The van der Waals surface area contributed by atoms with E-state index >= 15 is 0 Å². The minimum atomic E-state index is 0.779. The summed E-state index contributed by atoms with van der Waals surface area (Å²) in [5.74, 6) is 0.779. The highest BCUT2D eigenvalue weighted by molar-refractivity contribution is 4.67. The first-order valence-corrected chi connectivity index (χ1v) is 5.10. The van der Waals surface area contributed by atoms with Crippen molar-refractivity contribution in [3.63, 3.8) is 0 Å². The minimum Gasteiger partial charge on any atom is -0.0654 e. The SMILES string of the molecule is CCCCCCC[CH]C(C)C. The lowest BCUT2D eigenvalue weighted by Crippen LogP contribution is -1.88. The Kier molecular flexibility index (Phi) is 8.10. The summed E-state index contributed by atoms with van der Waals surface area (Å²) in [6.07, 6.45) is 10.8. The first-order valence-electron chi connectivity index (χ1n) is 5.10. The summed E-state index contributed by atoms with van der Waals surface area (Å²) in [7, 11) is 0. The van der Waals surface area contributed by atoms with Crippen LogP contribution in [-0.4, -0.2) is 0 Å². The van der Waals surface area contributed by atoms with Gasteiger partial charge in [0.15, 0.2) is 0 Å². The number of unbranched alkanes of at least 4 members (excludes halogenated alkanes) is 5. The topological polar surface area (TPSA) is 0 Å². The van der Waals surface area contributed by atoms with Crippen LogP contribution in [0.2, 0.25) is 0 Å². The van der Waals surface area contributed by atoms with E-state index in [4.69, 9.17) is 0 Å². The molecule has 11 heavy (non-hydrogen) atoms. The molecule has 0 N–H and O–H groups in total. The molecule has 67 valence electrons. The molecule has 0 aromatic rings. The van der Waals surface area contributed by atoms with Crippen LogP contribution in [0.15, 0.2) is 0 Å². The van der Waals surface area contributed by atoms with Crippen LogP contribution in [0.4, 0.5) is 0 Å². The van der Waals surface area contributed by atoms with E-state index in [2.05, 4.69) is 27.2 Å². The van der Waals surface area contributed by atoms with Crippen LogP contribution in [0.25, 0.3) is 0 Å². The second-order valence-corrected chi connectivity index (χ2v) is 3.68. The van der Waals surface area contributed by atoms with Crippen molar-refractivity contribution in [2.45, 2.75) is 59.3 Å². The highest BCUT2D eigenvalue weighted by atomic mass is 14.0. The molecule has 0 heterocycles. The molecule has 1 radical (unpaired) electrons. The molecule has 0 unspecified atom stereocenters. The van der Waals surface area contributed by atoms with Crippen LogP contribution in [0, 0.1) is 12.3 Å². The Balaban J connectivity index is 2.80. The predicted molar refractivity (Wildman–Crippen MR) is 52.5 cm³/mol. The molecule has 0 aliphatic carbocycles. The third-order valence-corrected chi connectivity index (χ3v) is 1.95. The van der Waals surface area contributed by atoms with Gasteiger partial charge in [-0.2, -0.15) is 0 Å². The van der Waals surface area contributed by atoms with Crippen molar-refractivity contribution >= 4 is 0 Å². The normalized spacial score (nSPS) is 10.9. The highest BCUT2D eigenvalue weighted by Gasteiger charge is 1.93. The quantitative estimate of drug-likeness (QED) is 0.483. The standard InChI is InChI=1S/C11H23/c1-4-5-6-7-8-9-10-11(2)3/h10-11H,4-9H2,1-3H3. The molecule has 0 aliphatic rings. The van der Waals surface area contributed by atoms with Gasteiger partial charge >= 0.3 is 0 Å². The molecule has 0 aromatic carbocycles. The van der Waals surface area contributed by atoms with Gasteiger partial charge in [0.2, 0.25) is 0 Å². The average Bonchev–Trinajstić information content (AvgIpc) is 1.96. The zero-order valence-electron chi connectivity index (χ0n) is 8.40. The maximum atomic E-state index is 2.42. The highest BCUT2D eigenvalue weighted by Crippen LogP contribution is 2.09. The molecule has 0 aromatic heterocycles. The van der Waals surface area contributed by atoms with E-state index in [1.54, 1.807) is 0 Å². The van der Waals surface area contributed by atoms with Crippen molar-refractivity contribution in [2.75, 3.05) is 0 Å². The number of hydrogen-bond donors (Lipinski definition) is 0. The Hall–Kier alpha value is 0. The average molecular weight is 155 g/mol. The van der Waals surface area contributed by atoms with Crippen LogP contribution in [0.5, 0.6) is 0 Å². The first-order chi connectivity index (χ1) is 5.27. The van der Waals surface area contributed by atoms with Gasteiger partial charge in [-0.05, 0) is 18.8 Å². The maximum absolute atomic E-state index is 2.42. The Morgan fingerprint density at radius 3 is 2.18 bits per heavy atom. The number of hydrogen-bond acceptors (Lipinski definition) is 0. The van der Waals surface area contributed by atoms with Crippen LogP contribution in [0.1, 0.15) is 59.3 Å². The van der Waals surface area contributed by atoms with Crippen molar-refractivity contribution in [3.8, 4) is 0 Å². The Morgan fingerprint density at radius 2 is 1.64 bits per heavy atom. The summed E-state index contributed by atoms with van der Waals surface area (Å²) in [6.45, 7) is 6.78. The van der Waals surface area contributed by atoms with Crippen LogP contribution < -0.4 is 0 Å². The lowest BCUT2D eigenvalue weighted by molar-refractivity contribution is 0.601. The molecule has 0 saturated heterocycles. The smallest absolute Gasteiger partial charge is 0.0360 e. The zero-order chi connectivity index (χ0) is 8.53. The Labute approximate surface area is 72.4 Å². The lowest BCUT2D eigenvalue weighted by atomic mass is 10.0. The lowest BCUT2D eigenvalue weighted by Gasteiger charge is -2.02. The fraction of sp³-hybridized carbons (Fsp3) is 0.909. The van der Waals surface area contributed by atoms with Gasteiger partial charge in [-0.25, -0.2) is 0 Å². The van der Waals surface area contributed by atoms with E-state index < -0.39 is 0 Å². The van der Waals surface area contributed by atoms with Gasteiger partial charge < -0.3 is 0 Å². The molecule has 0 rings (SSSR count). The molecule has 0 atom stereocenters. The second-order valence-electron chi connectivity index (χ2n) is 3.68. The summed E-state index contributed by atoms with van der Waals surface area (Å²) in [5, 5.41) is 0. The fourth-order valence-corrected chi connectivity index (χ4v) is 1.20. The molecular formula is C11H23. The summed E-state index contributed by atoms with van der Waals surface area (Å²) in [6, 6.07) is 0. The van der Waals surface area contributed by atoms with Gasteiger partial charge in [0, 0.05) is 0 Å². The summed E-state index contributed by atoms with van der Waals surface area (Å²) >= 11 is 0. The summed E-state index contributed by atoms with van der Waals surface area (Å²) in [5.41, 5.74) is 0. The molecule has 0 fully saturated rings. The molecule has 0 aliphatic heterocycles. The monoisotopic (exact) mass is 155 g/mol. The van der Waals surface area contributed by atoms with Crippen molar-refractivity contribution in [1.29, 1.82) is 0 Å². The van der Waals surface area contributed by atoms with Gasteiger partial charge in [0.05, 0.1) is 0 Å². The predicted octanol–water partition coefficient (Wildman–Crippen LogP) is 4.21. The molecule has 0 nitrogen and oxygen atoms in total. The van der Waals surface area contributed by atoms with Gasteiger partial charge in [-0.15, -0.1) is 0 Å². The summed E-state index contributed by atoms with van der Waals surface area (Å²) < 4.78 is 0. The van der Waals surface area contributed by atoms with Crippen LogP contribution in [-0.2, 0) is 0 Å². The first kappa shape index (κ1) is 11.0. The van der Waals surface area contributed by atoms with Crippen molar-refractivity contribution in [3.05, 3.63) is 6.42 Å².